The summed E-state index contributed by atoms with van der Waals surface area (Å²) in [5.74, 6) is -1.37. The van der Waals surface area contributed by atoms with Crippen molar-refractivity contribution in [3.8, 4) is 33.4 Å². The monoisotopic (exact) mass is 769 g/mol. The van der Waals surface area contributed by atoms with E-state index in [1.165, 1.54) is 0 Å². The van der Waals surface area contributed by atoms with E-state index in [0.29, 0.717) is 36.5 Å². The molecule has 0 aromatic heterocycles. The molecular weight excluding hydrogens is 727 g/mol. The van der Waals surface area contributed by atoms with E-state index < -0.39 is 5.41 Å². The summed E-state index contributed by atoms with van der Waals surface area (Å²) in [6.07, 6.45) is 0. The van der Waals surface area contributed by atoms with Crippen LogP contribution in [0.3, 0.4) is 0 Å². The van der Waals surface area contributed by atoms with Gasteiger partial charge >= 0.3 is 17.9 Å². The number of benzene rings is 6. The number of hydrogen-bond donors (Lipinski definition) is 0. The molecule has 0 radical (unpaired) electrons. The normalized spacial score (nSPS) is 15.7. The van der Waals surface area contributed by atoms with Gasteiger partial charge in [0.25, 0.3) is 0 Å². The molecule has 2 bridgehead atoms. The van der Waals surface area contributed by atoms with Gasteiger partial charge in [0.05, 0.1) is 36.5 Å². The van der Waals surface area contributed by atoms with Crippen molar-refractivity contribution in [2.45, 2.75) is 32.1 Å². The summed E-state index contributed by atoms with van der Waals surface area (Å²) in [6, 6.07) is 41.2. The lowest BCUT2D eigenvalue weighted by Gasteiger charge is -2.50. The van der Waals surface area contributed by atoms with Crippen molar-refractivity contribution < 1.29 is 33.4 Å². The number of hydrogen-bond acceptors (Lipinski definition) is 7. The topological polar surface area (TPSA) is 99.2 Å². The average molecular weight is 770 g/mol. The van der Waals surface area contributed by atoms with Crippen LogP contribution in [0.25, 0.3) is 33.4 Å². The molecule has 9 rings (SSSR count). The van der Waals surface area contributed by atoms with Gasteiger partial charge in [-0.1, -0.05) is 72.8 Å². The fourth-order valence-electron chi connectivity index (χ4n) is 8.60. The molecule has 0 atom stereocenters. The Morgan fingerprint density at radius 1 is 0.448 bits per heavy atom. The number of amides is 1. The molecule has 0 spiro atoms. The van der Waals surface area contributed by atoms with Gasteiger partial charge < -0.3 is 19.1 Å². The van der Waals surface area contributed by atoms with Crippen molar-refractivity contribution in [3.63, 3.8) is 0 Å². The van der Waals surface area contributed by atoms with Gasteiger partial charge in [-0.2, -0.15) is 0 Å². The van der Waals surface area contributed by atoms with Gasteiger partial charge in [-0.15, -0.1) is 0 Å². The molecule has 8 heteroatoms. The fourth-order valence-corrected chi connectivity index (χ4v) is 8.60. The van der Waals surface area contributed by atoms with Crippen LogP contribution in [-0.2, 0) is 24.4 Å². The Labute approximate surface area is 338 Å². The Morgan fingerprint density at radius 3 is 0.983 bits per heavy atom. The number of likely N-dealkylation sites (N-methyl/N-ethyl adjacent to an activating group) is 1. The summed E-state index contributed by atoms with van der Waals surface area (Å²) in [5, 5.41) is 0. The fraction of sp³-hybridized carbons (Fsp3) is 0.200. The Kier molecular flexibility index (Phi) is 10.0. The average Bonchev–Trinajstić information content (AvgIpc) is 3.25. The lowest BCUT2D eigenvalue weighted by Crippen LogP contribution is -2.52. The first-order valence-electron chi connectivity index (χ1n) is 19.6. The van der Waals surface area contributed by atoms with Crippen LogP contribution in [0.5, 0.6) is 0 Å². The molecule has 0 N–H and O–H groups in total. The molecular formula is C50H43NO7. The molecule has 8 nitrogen and oxygen atoms in total. The zero-order valence-electron chi connectivity index (χ0n) is 33.1. The number of carbonyl (C=O) groups excluding carboxylic acids is 4. The minimum atomic E-state index is -1.25. The molecule has 0 aliphatic heterocycles. The highest BCUT2D eigenvalue weighted by atomic mass is 16.5. The predicted octanol–water partition coefficient (Wildman–Crippen LogP) is 9.45. The molecule has 1 amide bonds. The van der Waals surface area contributed by atoms with Gasteiger partial charge in [0, 0.05) is 20.0 Å². The third-order valence-electron chi connectivity index (χ3n) is 11.2. The van der Waals surface area contributed by atoms with Crippen molar-refractivity contribution >= 4 is 23.8 Å². The van der Waals surface area contributed by atoms with Gasteiger partial charge in [-0.25, -0.2) is 14.4 Å². The van der Waals surface area contributed by atoms with E-state index in [2.05, 4.69) is 54.6 Å². The number of carbonyl (C=O) groups is 4. The van der Waals surface area contributed by atoms with Crippen molar-refractivity contribution in [2.75, 3.05) is 33.9 Å². The Morgan fingerprint density at radius 2 is 0.724 bits per heavy atom. The number of nitrogens with zero attached hydrogens (tertiary/aromatic N) is 1. The van der Waals surface area contributed by atoms with Crippen LogP contribution in [0.1, 0.15) is 91.1 Å². The lowest BCUT2D eigenvalue weighted by molar-refractivity contribution is -0.132. The molecule has 0 fully saturated rings. The van der Waals surface area contributed by atoms with E-state index in [0.717, 1.165) is 66.8 Å². The van der Waals surface area contributed by atoms with Crippen LogP contribution in [-0.4, -0.2) is 62.6 Å². The first kappa shape index (κ1) is 38.1. The second-order valence-electron chi connectivity index (χ2n) is 14.7. The van der Waals surface area contributed by atoms with Gasteiger partial charge in [0.2, 0.25) is 5.91 Å². The molecule has 6 aromatic carbocycles. The predicted molar refractivity (Wildman–Crippen MR) is 223 cm³/mol. The largest absolute Gasteiger partial charge is 0.462 e. The maximum absolute atomic E-state index is 15.4. The third-order valence-corrected chi connectivity index (χ3v) is 11.2. The van der Waals surface area contributed by atoms with Crippen LogP contribution < -0.4 is 0 Å². The number of ether oxygens (including phenoxy) is 3. The second kappa shape index (κ2) is 15.3. The highest BCUT2D eigenvalue weighted by Gasteiger charge is 2.57. The Hall–Kier alpha value is -6.80. The first-order chi connectivity index (χ1) is 28.1. The highest BCUT2D eigenvalue weighted by Crippen LogP contribution is 2.61. The van der Waals surface area contributed by atoms with Crippen molar-refractivity contribution in [2.24, 2.45) is 0 Å². The molecule has 0 saturated heterocycles. The molecule has 0 saturated carbocycles. The van der Waals surface area contributed by atoms with Crippen molar-refractivity contribution in [1.29, 1.82) is 0 Å². The summed E-state index contributed by atoms with van der Waals surface area (Å²) < 4.78 is 15.7. The maximum Gasteiger partial charge on any atom is 0.338 e. The summed E-state index contributed by atoms with van der Waals surface area (Å²) >= 11 is 0. The van der Waals surface area contributed by atoms with Crippen LogP contribution in [0, 0.1) is 0 Å². The molecule has 3 aliphatic rings. The van der Waals surface area contributed by atoms with E-state index in [-0.39, 0.29) is 29.7 Å². The molecule has 290 valence electrons. The molecule has 0 heterocycles. The summed E-state index contributed by atoms with van der Waals surface area (Å²) in [6.45, 7) is 6.22. The third kappa shape index (κ3) is 6.25. The first-order valence-corrected chi connectivity index (χ1v) is 19.6. The van der Waals surface area contributed by atoms with Gasteiger partial charge in [-0.3, -0.25) is 4.79 Å². The molecule has 58 heavy (non-hydrogen) atoms. The molecule has 3 aliphatic carbocycles. The quantitative estimate of drug-likeness (QED) is 0.101. The van der Waals surface area contributed by atoms with Crippen LogP contribution >= 0.6 is 0 Å². The van der Waals surface area contributed by atoms with Crippen molar-refractivity contribution in [3.05, 3.63) is 177 Å². The Balaban J connectivity index is 1.34. The van der Waals surface area contributed by atoms with E-state index in [1.807, 2.05) is 36.4 Å². The number of rotatable bonds is 10. The van der Waals surface area contributed by atoms with E-state index in [4.69, 9.17) is 14.2 Å². The van der Waals surface area contributed by atoms with Crippen LogP contribution in [0.15, 0.2) is 127 Å². The Bertz CT molecular complexity index is 2320. The van der Waals surface area contributed by atoms with Crippen LogP contribution in [0.2, 0.25) is 0 Å². The van der Waals surface area contributed by atoms with Crippen molar-refractivity contribution in [1.82, 2.24) is 4.90 Å². The van der Waals surface area contributed by atoms with Crippen LogP contribution in [0.4, 0.5) is 0 Å². The van der Waals surface area contributed by atoms with E-state index in [9.17, 15) is 14.4 Å². The second-order valence-corrected chi connectivity index (χ2v) is 14.7. The standard InChI is InChI=1S/C50H43NO7/c1-6-56-46(52)33-15-9-30(10-16-33)36-21-24-39-42(27-36)50(49(55)51(4)5)43-28-37(31-11-17-34(18-12-31)47(53)57-7-2)22-25-40(43)45(39)41-26-23-38(29-44(41)50)32-13-19-35(20-14-32)48(54)58-8-3/h9-29,45H,6-8H2,1-5H3. The zero-order chi connectivity index (χ0) is 40.7. The smallest absolute Gasteiger partial charge is 0.338 e. The minimum Gasteiger partial charge on any atom is -0.462 e. The lowest BCUT2D eigenvalue weighted by atomic mass is 9.52. The molecule has 0 unspecified atom stereocenters. The summed E-state index contributed by atoms with van der Waals surface area (Å²) in [5.41, 5.74) is 11.4. The zero-order valence-corrected chi connectivity index (χ0v) is 33.1. The maximum atomic E-state index is 15.4. The van der Waals surface area contributed by atoms with Gasteiger partial charge in [-0.05, 0) is 142 Å². The summed E-state index contributed by atoms with van der Waals surface area (Å²) in [7, 11) is 3.59. The van der Waals surface area contributed by atoms with E-state index in [1.54, 1.807) is 76.2 Å². The summed E-state index contributed by atoms with van der Waals surface area (Å²) in [4.78, 5) is 54.6. The van der Waals surface area contributed by atoms with Gasteiger partial charge in [0.1, 0.15) is 5.41 Å². The minimum absolute atomic E-state index is 0.0890. The van der Waals surface area contributed by atoms with E-state index >= 15 is 4.79 Å². The SMILES string of the molecule is CCOC(=O)c1ccc(-c2ccc3c(c2)C2(C(=O)N(C)C)c4cc(-c5ccc(C(=O)OCC)cc5)ccc4C3c3ccc(-c4ccc(C(=O)OCC)cc4)cc32)cc1. The van der Waals surface area contributed by atoms with Gasteiger partial charge in [0.15, 0.2) is 0 Å². The number of esters is 3. The molecule has 6 aromatic rings. The highest BCUT2D eigenvalue weighted by molar-refractivity contribution is 6.02.